The molecule has 1 aliphatic rings. The lowest BCUT2D eigenvalue weighted by molar-refractivity contribution is -0.302. The summed E-state index contributed by atoms with van der Waals surface area (Å²) in [5.41, 5.74) is 0. The molecule has 0 aromatic heterocycles. The molecule has 6 N–H and O–H groups in total. The first-order valence-electron chi connectivity index (χ1n) is 34.3. The second kappa shape index (κ2) is 61.7. The number of hydrogen-bond donors (Lipinski definition) is 6. The Hall–Kier alpha value is -3.41. The van der Waals surface area contributed by atoms with Crippen LogP contribution in [0.25, 0.3) is 0 Å². The Balaban J connectivity index is 2.21. The van der Waals surface area contributed by atoms with Gasteiger partial charge in [-0.25, -0.2) is 0 Å². The van der Waals surface area contributed by atoms with Gasteiger partial charge < -0.3 is 40.3 Å². The highest BCUT2D eigenvalue weighted by molar-refractivity contribution is 5.76. The van der Waals surface area contributed by atoms with Gasteiger partial charge in [0.2, 0.25) is 5.91 Å². The number of carbonyl (C=O) groups is 1. The third kappa shape index (κ3) is 50.5. The number of nitrogens with one attached hydrogen (secondary N) is 1. The molecule has 0 spiro atoms. The van der Waals surface area contributed by atoms with Gasteiger partial charge in [-0.2, -0.15) is 0 Å². The molecule has 0 bridgehead atoms. The van der Waals surface area contributed by atoms with Gasteiger partial charge in [0.15, 0.2) is 6.29 Å². The smallest absolute Gasteiger partial charge is 0.220 e. The number of allylic oxidation sites excluding steroid dienone is 19. The van der Waals surface area contributed by atoms with Crippen LogP contribution < -0.4 is 5.32 Å². The van der Waals surface area contributed by atoms with E-state index in [9.17, 15) is 30.3 Å². The van der Waals surface area contributed by atoms with E-state index in [1.54, 1.807) is 6.08 Å². The van der Waals surface area contributed by atoms with Crippen molar-refractivity contribution in [3.63, 3.8) is 0 Å². The van der Waals surface area contributed by atoms with E-state index >= 15 is 0 Å². The van der Waals surface area contributed by atoms with E-state index in [1.165, 1.54) is 148 Å². The Morgan fingerprint density at radius 3 is 1.16 bits per heavy atom. The van der Waals surface area contributed by atoms with E-state index in [1.807, 2.05) is 6.08 Å². The summed E-state index contributed by atoms with van der Waals surface area (Å²) in [6.45, 7) is 3.65. The summed E-state index contributed by atoms with van der Waals surface area (Å²) >= 11 is 0. The molecule has 9 nitrogen and oxygen atoms in total. The molecule has 1 rings (SSSR count). The lowest BCUT2D eigenvalue weighted by Crippen LogP contribution is -2.60. The van der Waals surface area contributed by atoms with Crippen LogP contribution in [0.5, 0.6) is 0 Å². The SMILES string of the molecule is CC/C=C\C/C=C\C/C=C\C/C=C\C/C=C\C/C=C\C/C=C\CCCCCCCC(=O)NC(COC1OC(CO)C(O)C(O)C1O)C(O)/C=C/CC/C=C/CC/C=C/CCCCCCCCCCCCCCCCCCCCCCCCC. The molecule has 476 valence electrons. The topological polar surface area (TPSA) is 149 Å². The Bertz CT molecular complexity index is 1720. The zero-order chi connectivity index (χ0) is 60.0. The maximum atomic E-state index is 13.1. The quantitative estimate of drug-likeness (QED) is 0.0261. The lowest BCUT2D eigenvalue weighted by Gasteiger charge is -2.40. The largest absolute Gasteiger partial charge is 0.394 e. The summed E-state index contributed by atoms with van der Waals surface area (Å²) < 4.78 is 11.3. The number of amides is 1. The van der Waals surface area contributed by atoms with E-state index in [0.717, 1.165) is 116 Å². The minimum absolute atomic E-state index is 0.213. The van der Waals surface area contributed by atoms with Crippen molar-refractivity contribution < 1.29 is 39.8 Å². The molecule has 1 amide bonds. The van der Waals surface area contributed by atoms with Gasteiger partial charge in [0, 0.05) is 6.42 Å². The Kier molecular flexibility index (Phi) is 57.7. The van der Waals surface area contributed by atoms with Gasteiger partial charge in [-0.15, -0.1) is 0 Å². The average Bonchev–Trinajstić information content (AvgIpc) is 3.60. The van der Waals surface area contributed by atoms with Crippen LogP contribution in [0.2, 0.25) is 0 Å². The maximum absolute atomic E-state index is 13.1. The molecular weight excluding hydrogens is 1030 g/mol. The second-order valence-corrected chi connectivity index (χ2v) is 23.2. The minimum Gasteiger partial charge on any atom is -0.394 e. The van der Waals surface area contributed by atoms with Gasteiger partial charge in [0.05, 0.1) is 25.4 Å². The molecule has 0 aromatic rings. The summed E-state index contributed by atoms with van der Waals surface area (Å²) in [6.07, 6.45) is 85.9. The fourth-order valence-corrected chi connectivity index (χ4v) is 10.2. The fourth-order valence-electron chi connectivity index (χ4n) is 10.2. The number of ether oxygens (including phenoxy) is 2. The predicted octanol–water partition coefficient (Wildman–Crippen LogP) is 18.6. The highest BCUT2D eigenvalue weighted by Gasteiger charge is 2.44. The highest BCUT2D eigenvalue weighted by atomic mass is 16.7. The first kappa shape index (κ1) is 77.6. The van der Waals surface area contributed by atoms with Crippen molar-refractivity contribution in [2.45, 2.75) is 326 Å². The standard InChI is InChI=1S/C74H127NO8/c1-3-5-7-9-11-13-15-17-19-21-23-25-27-29-31-32-33-34-35-36-38-39-41-43-45-47-49-51-53-55-57-59-61-63-68(77)67(66-82-74-73(81)72(80)71(79)69(65-76)83-74)75-70(78)64-62-60-58-56-54-52-50-48-46-44-42-40-37-30-28-26-24-22-20-18-16-14-12-10-8-6-4-2/h6,8,12,14,18,20,24,26,30,37,42,44-45,47-48,50,53,55,61,63,67-69,71-74,76-77,79-81H,3-5,7,9-11,13,15-17,19,21-23,25,27-29,31-36,38-41,43,46,49,51-52,54,56-60,62,64-66H2,1-2H3,(H,75,78)/b8-6-,14-12-,20-18-,26-24-,37-30-,44-42-,47-45+,50-48-,55-53+,63-61+. The van der Waals surface area contributed by atoms with Gasteiger partial charge in [-0.1, -0.05) is 296 Å². The van der Waals surface area contributed by atoms with E-state index in [-0.39, 0.29) is 12.5 Å². The van der Waals surface area contributed by atoms with Crippen LogP contribution in [0.1, 0.15) is 284 Å². The van der Waals surface area contributed by atoms with Crippen LogP contribution in [0, 0.1) is 0 Å². The highest BCUT2D eigenvalue weighted by Crippen LogP contribution is 2.23. The first-order valence-corrected chi connectivity index (χ1v) is 34.3. The van der Waals surface area contributed by atoms with Crippen LogP contribution in [0.15, 0.2) is 122 Å². The monoisotopic (exact) mass is 1160 g/mol. The summed E-state index contributed by atoms with van der Waals surface area (Å²) in [7, 11) is 0. The molecule has 1 aliphatic heterocycles. The van der Waals surface area contributed by atoms with E-state index in [2.05, 4.69) is 129 Å². The molecule has 1 saturated heterocycles. The number of aliphatic hydroxyl groups is 5. The van der Waals surface area contributed by atoms with Gasteiger partial charge in [0.25, 0.3) is 0 Å². The molecule has 0 aromatic carbocycles. The molecule has 0 radical (unpaired) electrons. The maximum Gasteiger partial charge on any atom is 0.220 e. The van der Waals surface area contributed by atoms with Gasteiger partial charge in [-0.3, -0.25) is 4.79 Å². The Morgan fingerprint density at radius 1 is 0.422 bits per heavy atom. The van der Waals surface area contributed by atoms with Gasteiger partial charge >= 0.3 is 0 Å². The van der Waals surface area contributed by atoms with E-state index in [4.69, 9.17) is 9.47 Å². The number of rotatable bonds is 58. The van der Waals surface area contributed by atoms with Crippen LogP contribution in [0.3, 0.4) is 0 Å². The fraction of sp³-hybridized carbons (Fsp3) is 0.716. The van der Waals surface area contributed by atoms with Crippen molar-refractivity contribution in [1.82, 2.24) is 5.32 Å². The number of aliphatic hydroxyl groups excluding tert-OH is 5. The van der Waals surface area contributed by atoms with E-state index in [0.29, 0.717) is 6.42 Å². The van der Waals surface area contributed by atoms with Crippen molar-refractivity contribution in [2.75, 3.05) is 13.2 Å². The van der Waals surface area contributed by atoms with E-state index < -0.39 is 49.5 Å². The Labute approximate surface area is 509 Å². The van der Waals surface area contributed by atoms with Crippen molar-refractivity contribution in [3.8, 4) is 0 Å². The molecule has 83 heavy (non-hydrogen) atoms. The van der Waals surface area contributed by atoms with Crippen molar-refractivity contribution in [1.29, 1.82) is 0 Å². The predicted molar refractivity (Wildman–Crippen MR) is 354 cm³/mol. The molecule has 0 saturated carbocycles. The van der Waals surface area contributed by atoms with Crippen LogP contribution >= 0.6 is 0 Å². The lowest BCUT2D eigenvalue weighted by atomic mass is 9.99. The molecule has 7 atom stereocenters. The number of carbonyl (C=O) groups excluding carboxylic acids is 1. The number of hydrogen-bond acceptors (Lipinski definition) is 8. The Morgan fingerprint density at radius 2 is 0.759 bits per heavy atom. The average molecular weight is 1160 g/mol. The zero-order valence-corrected chi connectivity index (χ0v) is 53.2. The zero-order valence-electron chi connectivity index (χ0n) is 53.2. The van der Waals surface area contributed by atoms with Crippen LogP contribution in [0.4, 0.5) is 0 Å². The molecular formula is C74H127NO8. The summed E-state index contributed by atoms with van der Waals surface area (Å²) in [5.74, 6) is -0.213. The van der Waals surface area contributed by atoms with Crippen molar-refractivity contribution >= 4 is 5.91 Å². The molecule has 1 fully saturated rings. The summed E-state index contributed by atoms with van der Waals surface area (Å²) in [6, 6.07) is -0.850. The summed E-state index contributed by atoms with van der Waals surface area (Å²) in [4.78, 5) is 13.1. The number of unbranched alkanes of at least 4 members (excludes halogenated alkanes) is 30. The summed E-state index contributed by atoms with van der Waals surface area (Å²) in [5, 5.41) is 54.7. The molecule has 1 heterocycles. The minimum atomic E-state index is -1.59. The first-order chi connectivity index (χ1) is 40.8. The van der Waals surface area contributed by atoms with Gasteiger partial charge in [0.1, 0.15) is 24.4 Å². The third-order valence-electron chi connectivity index (χ3n) is 15.5. The van der Waals surface area contributed by atoms with Crippen LogP contribution in [-0.4, -0.2) is 87.5 Å². The molecule has 7 unspecified atom stereocenters. The third-order valence-corrected chi connectivity index (χ3v) is 15.5. The normalized spacial score (nSPS) is 19.0. The van der Waals surface area contributed by atoms with Gasteiger partial charge in [-0.05, 0) is 103 Å². The molecule has 0 aliphatic carbocycles. The van der Waals surface area contributed by atoms with Crippen molar-refractivity contribution in [3.05, 3.63) is 122 Å². The second-order valence-electron chi connectivity index (χ2n) is 23.2. The van der Waals surface area contributed by atoms with Crippen molar-refractivity contribution in [2.24, 2.45) is 0 Å². The molecule has 9 heteroatoms. The van der Waals surface area contributed by atoms with Crippen LogP contribution in [-0.2, 0) is 14.3 Å².